The van der Waals surface area contributed by atoms with Crippen molar-refractivity contribution in [3.63, 3.8) is 0 Å². The molecular weight excluding hydrogens is 498 g/mol. The van der Waals surface area contributed by atoms with E-state index in [2.05, 4.69) is 15.9 Å². The maximum Gasteiger partial charge on any atom is 0.485 e. The van der Waals surface area contributed by atoms with Gasteiger partial charge in [0.05, 0.1) is 10.9 Å². The zero-order valence-electron chi connectivity index (χ0n) is 13.7. The topological polar surface area (TPSA) is 57.2 Å². The van der Waals surface area contributed by atoms with Gasteiger partial charge in [0.25, 0.3) is 0 Å². The molecule has 0 aliphatic carbocycles. The van der Waals surface area contributed by atoms with Crippen LogP contribution < -0.4 is 0 Å². The molecule has 0 aliphatic rings. The maximum absolute atomic E-state index is 12.8. The fraction of sp³-hybridized carbons (Fsp3) is 0.250. The number of alkyl halides is 7. The molecule has 2 rings (SSSR count). The lowest BCUT2D eigenvalue weighted by atomic mass is 10.4. The summed E-state index contributed by atoms with van der Waals surface area (Å²) < 4.78 is 97.3. The van der Waals surface area contributed by atoms with Crippen molar-refractivity contribution < 1.29 is 39.3 Å². The van der Waals surface area contributed by atoms with Crippen LogP contribution in [0.1, 0.15) is 0 Å². The van der Waals surface area contributed by atoms with E-state index in [0.717, 1.165) is 9.79 Å². The third-order valence-corrected chi connectivity index (χ3v) is 7.19. The molecule has 2 aromatic carbocycles. The standard InChI is InChI=1S/C15H13BrF3S.CHF3O3S/c16-14(15(17,18)19)11-20(12-7-3-1-4-8-12)13-9-5-2-6-10-13;2-1(3,4)8(5,6)7/h1-10,14H,11H2;(H,5,6,7)/q+1;/p-1. The predicted molar refractivity (Wildman–Crippen MR) is 96.2 cm³/mol. The normalized spacial score (nSPS) is 13.6. The van der Waals surface area contributed by atoms with E-state index in [4.69, 9.17) is 13.0 Å². The van der Waals surface area contributed by atoms with Crippen molar-refractivity contribution in [2.24, 2.45) is 0 Å². The fourth-order valence-corrected chi connectivity index (χ4v) is 4.64. The minimum Gasteiger partial charge on any atom is -0.741 e. The van der Waals surface area contributed by atoms with E-state index >= 15 is 0 Å². The second-order valence-electron chi connectivity index (χ2n) is 5.09. The number of rotatable bonds is 4. The summed E-state index contributed by atoms with van der Waals surface area (Å²) in [5.41, 5.74) is -5.65. The highest BCUT2D eigenvalue weighted by Gasteiger charge is 2.43. The molecule has 0 bridgehead atoms. The molecule has 0 spiro atoms. The van der Waals surface area contributed by atoms with E-state index in [1.807, 2.05) is 60.7 Å². The van der Waals surface area contributed by atoms with Gasteiger partial charge in [-0.1, -0.05) is 52.3 Å². The van der Waals surface area contributed by atoms with Crippen LogP contribution in [0.2, 0.25) is 0 Å². The van der Waals surface area contributed by atoms with Gasteiger partial charge in [-0.15, -0.1) is 0 Å². The molecule has 0 amide bonds. The molecule has 0 aromatic heterocycles. The summed E-state index contributed by atoms with van der Waals surface area (Å²) in [6.45, 7) is 0. The molecule has 0 fully saturated rings. The molecule has 0 heterocycles. The van der Waals surface area contributed by atoms with Gasteiger partial charge >= 0.3 is 11.7 Å². The molecule has 0 radical (unpaired) electrons. The highest BCUT2D eigenvalue weighted by Crippen LogP contribution is 2.32. The van der Waals surface area contributed by atoms with Crippen molar-refractivity contribution in [1.29, 1.82) is 0 Å². The van der Waals surface area contributed by atoms with E-state index in [1.165, 1.54) is 0 Å². The molecule has 0 saturated carbocycles. The summed E-state index contributed by atoms with van der Waals surface area (Å²) in [5, 5.41) is 0. The van der Waals surface area contributed by atoms with Crippen LogP contribution in [-0.2, 0) is 21.0 Å². The lowest BCUT2D eigenvalue weighted by Gasteiger charge is -2.15. The monoisotopic (exact) mass is 510 g/mol. The van der Waals surface area contributed by atoms with E-state index in [-0.39, 0.29) is 5.75 Å². The fourth-order valence-electron chi connectivity index (χ4n) is 1.74. The predicted octanol–water partition coefficient (Wildman–Crippen LogP) is 5.10. The number of benzene rings is 2. The van der Waals surface area contributed by atoms with Gasteiger partial charge < -0.3 is 4.55 Å². The highest BCUT2D eigenvalue weighted by atomic mass is 79.9. The Morgan fingerprint density at radius 1 is 0.857 bits per heavy atom. The minimum absolute atomic E-state index is 0.0114. The van der Waals surface area contributed by atoms with Crippen LogP contribution in [0.4, 0.5) is 26.3 Å². The average Bonchev–Trinajstić information content (AvgIpc) is 2.59. The van der Waals surface area contributed by atoms with Crippen molar-refractivity contribution in [2.75, 3.05) is 5.75 Å². The number of hydrogen-bond acceptors (Lipinski definition) is 3. The first-order valence-electron chi connectivity index (χ1n) is 7.27. The summed E-state index contributed by atoms with van der Waals surface area (Å²) in [4.78, 5) is 0.346. The second-order valence-corrected chi connectivity index (χ2v) is 9.63. The Bertz CT molecular complexity index is 787. The van der Waals surface area contributed by atoms with Gasteiger partial charge in [0.2, 0.25) is 0 Å². The molecule has 1 unspecified atom stereocenters. The van der Waals surface area contributed by atoms with E-state index in [0.29, 0.717) is 0 Å². The van der Waals surface area contributed by atoms with E-state index < -0.39 is 37.5 Å². The van der Waals surface area contributed by atoms with Gasteiger partial charge in [-0.2, -0.15) is 26.3 Å². The van der Waals surface area contributed by atoms with Crippen LogP contribution in [-0.4, -0.2) is 35.2 Å². The summed E-state index contributed by atoms with van der Waals surface area (Å²) in [6, 6.07) is 18.7. The Hall–Kier alpha value is -1.24. The van der Waals surface area contributed by atoms with Crippen molar-refractivity contribution in [3.8, 4) is 0 Å². The van der Waals surface area contributed by atoms with Gasteiger partial charge in [-0.3, -0.25) is 0 Å². The largest absolute Gasteiger partial charge is 0.741 e. The lowest BCUT2D eigenvalue weighted by Crippen LogP contribution is -2.30. The summed E-state index contributed by atoms with van der Waals surface area (Å²) in [5.74, 6) is 0.0114. The Balaban J connectivity index is 0.000000416. The summed E-state index contributed by atoms with van der Waals surface area (Å²) in [6.07, 6.45) is -4.23. The summed E-state index contributed by atoms with van der Waals surface area (Å²) in [7, 11) is -6.68. The van der Waals surface area contributed by atoms with Crippen molar-refractivity contribution in [1.82, 2.24) is 0 Å². The van der Waals surface area contributed by atoms with Gasteiger partial charge in [0.1, 0.15) is 5.75 Å². The molecule has 0 aliphatic heterocycles. The minimum atomic E-state index is -6.09. The van der Waals surface area contributed by atoms with E-state index in [1.54, 1.807) is 0 Å². The molecule has 1 atom stereocenters. The van der Waals surface area contributed by atoms with Gasteiger partial charge in [-0.05, 0) is 24.3 Å². The van der Waals surface area contributed by atoms with Gasteiger partial charge in [0, 0.05) is 0 Å². The smallest absolute Gasteiger partial charge is 0.485 e. The molecule has 156 valence electrons. The first-order valence-corrected chi connectivity index (χ1v) is 11.0. The Morgan fingerprint density at radius 2 is 1.18 bits per heavy atom. The number of hydrogen-bond donors (Lipinski definition) is 0. The van der Waals surface area contributed by atoms with Gasteiger partial charge in [-0.25, -0.2) is 8.42 Å². The molecule has 3 nitrogen and oxygen atoms in total. The van der Waals surface area contributed by atoms with Crippen LogP contribution in [0, 0.1) is 0 Å². The second kappa shape index (κ2) is 9.99. The lowest BCUT2D eigenvalue weighted by molar-refractivity contribution is -0.122. The molecule has 0 N–H and O–H groups in total. The molecule has 12 heteroatoms. The third kappa shape index (κ3) is 8.02. The SMILES string of the molecule is FC(F)(F)C(Br)C[S+](c1ccccc1)c1ccccc1.O=S(=O)([O-])C(F)(F)F. The van der Waals surface area contributed by atoms with Crippen LogP contribution in [0.3, 0.4) is 0 Å². The Kier molecular flexibility index (Phi) is 8.85. The Labute approximate surface area is 169 Å². The van der Waals surface area contributed by atoms with Gasteiger partial charge in [0.15, 0.2) is 24.7 Å². The molecule has 2 aromatic rings. The molecule has 0 saturated heterocycles. The van der Waals surface area contributed by atoms with Crippen molar-refractivity contribution >= 4 is 36.9 Å². The quantitative estimate of drug-likeness (QED) is 0.189. The zero-order valence-corrected chi connectivity index (χ0v) is 17.0. The van der Waals surface area contributed by atoms with Crippen LogP contribution in [0.5, 0.6) is 0 Å². The molecule has 28 heavy (non-hydrogen) atoms. The first kappa shape index (κ1) is 24.8. The Morgan fingerprint density at radius 3 is 1.43 bits per heavy atom. The van der Waals surface area contributed by atoms with Crippen molar-refractivity contribution in [3.05, 3.63) is 60.7 Å². The number of halogens is 7. The maximum atomic E-state index is 12.8. The molecular formula is C16H13BrF6O3S2. The van der Waals surface area contributed by atoms with Crippen molar-refractivity contribution in [2.45, 2.75) is 26.3 Å². The van der Waals surface area contributed by atoms with Crippen LogP contribution >= 0.6 is 15.9 Å². The van der Waals surface area contributed by atoms with Crippen LogP contribution in [0.25, 0.3) is 0 Å². The van der Waals surface area contributed by atoms with Crippen LogP contribution in [0.15, 0.2) is 70.5 Å². The highest BCUT2D eigenvalue weighted by molar-refractivity contribution is 9.09. The first-order chi connectivity index (χ1) is 12.7. The summed E-state index contributed by atoms with van der Waals surface area (Å²) >= 11 is 2.78. The average molecular weight is 511 g/mol. The third-order valence-electron chi connectivity index (χ3n) is 3.01. The van der Waals surface area contributed by atoms with E-state index in [9.17, 15) is 26.3 Å². The zero-order chi connectivity index (χ0) is 21.6.